The predicted molar refractivity (Wildman–Crippen MR) is 91.1 cm³/mol. The normalized spacial score (nSPS) is 12.9. The summed E-state index contributed by atoms with van der Waals surface area (Å²) in [5.41, 5.74) is 1.79. The fraction of sp³-hybridized carbons (Fsp3) is 0.167. The summed E-state index contributed by atoms with van der Waals surface area (Å²) in [4.78, 5) is 37.2. The van der Waals surface area contributed by atoms with E-state index in [0.717, 1.165) is 0 Å². The number of ether oxygens (including phenoxy) is 2. The molecule has 0 radical (unpaired) electrons. The number of benzene rings is 2. The van der Waals surface area contributed by atoms with E-state index in [0.29, 0.717) is 28.3 Å². The summed E-state index contributed by atoms with van der Waals surface area (Å²) in [5.74, 6) is -0.627. The number of hydrogen-bond donors (Lipinski definition) is 1. The van der Waals surface area contributed by atoms with E-state index in [9.17, 15) is 14.4 Å². The molecule has 7 nitrogen and oxygen atoms in total. The van der Waals surface area contributed by atoms with Crippen molar-refractivity contribution >= 4 is 29.2 Å². The molecule has 3 rings (SSSR count). The van der Waals surface area contributed by atoms with Gasteiger partial charge >= 0.3 is 5.97 Å². The van der Waals surface area contributed by atoms with Gasteiger partial charge in [-0.15, -0.1) is 0 Å². The van der Waals surface area contributed by atoms with Crippen molar-refractivity contribution in [1.29, 1.82) is 0 Å². The minimum atomic E-state index is -0.448. The fourth-order valence-electron chi connectivity index (χ4n) is 2.49. The highest BCUT2D eigenvalue weighted by Gasteiger charge is 2.26. The van der Waals surface area contributed by atoms with Gasteiger partial charge in [0, 0.05) is 12.7 Å². The lowest BCUT2D eigenvalue weighted by molar-refractivity contribution is -0.121. The minimum absolute atomic E-state index is 0.110. The van der Waals surface area contributed by atoms with Crippen LogP contribution in [0.2, 0.25) is 0 Å². The van der Waals surface area contributed by atoms with Crippen LogP contribution in [-0.4, -0.2) is 38.5 Å². The number of carbonyl (C=O) groups excluding carboxylic acids is 3. The van der Waals surface area contributed by atoms with E-state index >= 15 is 0 Å². The molecule has 1 N–H and O–H groups in total. The first-order valence-electron chi connectivity index (χ1n) is 7.53. The van der Waals surface area contributed by atoms with E-state index in [1.807, 2.05) is 0 Å². The highest BCUT2D eigenvalue weighted by atomic mass is 16.5. The lowest BCUT2D eigenvalue weighted by atomic mass is 10.1. The molecule has 1 aliphatic rings. The molecule has 2 aromatic rings. The van der Waals surface area contributed by atoms with Crippen LogP contribution in [0.25, 0.3) is 0 Å². The zero-order chi connectivity index (χ0) is 18.0. The molecule has 0 saturated heterocycles. The molecule has 1 aliphatic heterocycles. The van der Waals surface area contributed by atoms with Crippen molar-refractivity contribution in [3.63, 3.8) is 0 Å². The Morgan fingerprint density at radius 3 is 2.56 bits per heavy atom. The maximum Gasteiger partial charge on any atom is 0.337 e. The predicted octanol–water partition coefficient (Wildman–Crippen LogP) is 2.08. The Morgan fingerprint density at radius 1 is 1.16 bits per heavy atom. The summed E-state index contributed by atoms with van der Waals surface area (Å²) < 4.78 is 10.1. The number of nitrogens with zero attached hydrogens (tertiary/aromatic N) is 1. The number of para-hydroxylation sites is 1. The number of hydrogen-bond acceptors (Lipinski definition) is 5. The van der Waals surface area contributed by atoms with Crippen molar-refractivity contribution in [2.75, 3.05) is 31.0 Å². The summed E-state index contributed by atoms with van der Waals surface area (Å²) in [7, 11) is 2.94. The van der Waals surface area contributed by atoms with E-state index in [1.165, 1.54) is 12.0 Å². The van der Waals surface area contributed by atoms with Crippen molar-refractivity contribution in [3.8, 4) is 5.75 Å². The van der Waals surface area contributed by atoms with Crippen LogP contribution in [0.4, 0.5) is 11.4 Å². The van der Waals surface area contributed by atoms with E-state index in [1.54, 1.807) is 49.5 Å². The van der Waals surface area contributed by atoms with Crippen molar-refractivity contribution in [2.24, 2.45) is 0 Å². The van der Waals surface area contributed by atoms with Gasteiger partial charge in [0.1, 0.15) is 0 Å². The molecule has 0 unspecified atom stereocenters. The molecule has 0 spiro atoms. The molecule has 0 fully saturated rings. The summed E-state index contributed by atoms with van der Waals surface area (Å²) in [5, 5.41) is 2.74. The highest BCUT2D eigenvalue weighted by Crippen LogP contribution is 2.34. The van der Waals surface area contributed by atoms with Crippen LogP contribution in [0.3, 0.4) is 0 Å². The van der Waals surface area contributed by atoms with E-state index in [-0.39, 0.29) is 18.4 Å². The first-order valence-corrected chi connectivity index (χ1v) is 7.53. The molecule has 0 aliphatic carbocycles. The molecule has 0 saturated carbocycles. The van der Waals surface area contributed by atoms with Gasteiger partial charge in [0.25, 0.3) is 11.8 Å². The second kappa shape index (κ2) is 6.64. The number of rotatable bonds is 3. The van der Waals surface area contributed by atoms with Crippen LogP contribution in [-0.2, 0) is 9.53 Å². The molecule has 0 bridgehead atoms. The SMILES string of the molecule is COC(=O)c1ccc(NC(=O)c2cccc3c2OCC(=O)N3C)cc1. The van der Waals surface area contributed by atoms with Gasteiger partial charge in [-0.2, -0.15) is 0 Å². The minimum Gasteiger partial charge on any atom is -0.481 e. The van der Waals surface area contributed by atoms with Gasteiger partial charge in [0.05, 0.1) is 23.9 Å². The van der Waals surface area contributed by atoms with Crippen LogP contribution in [0, 0.1) is 0 Å². The monoisotopic (exact) mass is 340 g/mol. The Hall–Kier alpha value is -3.35. The fourth-order valence-corrected chi connectivity index (χ4v) is 2.49. The number of amides is 2. The quantitative estimate of drug-likeness (QED) is 0.865. The Bertz CT molecular complexity index is 845. The zero-order valence-corrected chi connectivity index (χ0v) is 13.7. The van der Waals surface area contributed by atoms with Gasteiger partial charge in [-0.05, 0) is 36.4 Å². The average Bonchev–Trinajstić information content (AvgIpc) is 2.64. The Morgan fingerprint density at radius 2 is 1.88 bits per heavy atom. The molecule has 7 heteroatoms. The molecule has 1 heterocycles. The number of methoxy groups -OCH3 is 1. The van der Waals surface area contributed by atoms with Crippen LogP contribution in [0.5, 0.6) is 5.75 Å². The maximum absolute atomic E-state index is 12.6. The molecule has 0 atom stereocenters. The van der Waals surface area contributed by atoms with Gasteiger partial charge < -0.3 is 19.7 Å². The molecule has 128 valence electrons. The lowest BCUT2D eigenvalue weighted by Gasteiger charge is -2.27. The van der Waals surface area contributed by atoms with E-state index < -0.39 is 5.97 Å². The Balaban J connectivity index is 1.83. The second-order valence-corrected chi connectivity index (χ2v) is 5.42. The average molecular weight is 340 g/mol. The van der Waals surface area contributed by atoms with Gasteiger partial charge in [0.2, 0.25) is 0 Å². The Labute approximate surface area is 144 Å². The molecule has 2 aromatic carbocycles. The summed E-state index contributed by atoms with van der Waals surface area (Å²) in [6.45, 7) is -0.110. The molecule has 2 amide bonds. The molecular formula is C18H16N2O5. The summed E-state index contributed by atoms with van der Waals surface area (Å²) in [6, 6.07) is 11.4. The largest absolute Gasteiger partial charge is 0.481 e. The number of fused-ring (bicyclic) bond motifs is 1. The first kappa shape index (κ1) is 16.5. The third-order valence-electron chi connectivity index (χ3n) is 3.88. The molecule has 0 aromatic heterocycles. The third kappa shape index (κ3) is 3.16. The highest BCUT2D eigenvalue weighted by molar-refractivity contribution is 6.09. The molecule has 25 heavy (non-hydrogen) atoms. The summed E-state index contributed by atoms with van der Waals surface area (Å²) in [6.07, 6.45) is 0. The van der Waals surface area contributed by atoms with Crippen LogP contribution < -0.4 is 15.0 Å². The zero-order valence-electron chi connectivity index (χ0n) is 13.7. The smallest absolute Gasteiger partial charge is 0.337 e. The topological polar surface area (TPSA) is 84.9 Å². The third-order valence-corrected chi connectivity index (χ3v) is 3.88. The van der Waals surface area contributed by atoms with E-state index in [4.69, 9.17) is 4.74 Å². The van der Waals surface area contributed by atoms with Crippen LogP contribution >= 0.6 is 0 Å². The van der Waals surface area contributed by atoms with Crippen molar-refractivity contribution in [1.82, 2.24) is 0 Å². The van der Waals surface area contributed by atoms with Gasteiger partial charge in [-0.3, -0.25) is 9.59 Å². The van der Waals surface area contributed by atoms with E-state index in [2.05, 4.69) is 10.1 Å². The second-order valence-electron chi connectivity index (χ2n) is 5.42. The van der Waals surface area contributed by atoms with Crippen LogP contribution in [0.15, 0.2) is 42.5 Å². The first-order chi connectivity index (χ1) is 12.0. The number of carbonyl (C=O) groups is 3. The van der Waals surface area contributed by atoms with Crippen molar-refractivity contribution in [3.05, 3.63) is 53.6 Å². The van der Waals surface area contributed by atoms with Gasteiger partial charge in [-0.1, -0.05) is 6.07 Å². The number of anilines is 2. The van der Waals surface area contributed by atoms with Gasteiger partial charge in [-0.25, -0.2) is 4.79 Å². The number of esters is 1. The van der Waals surface area contributed by atoms with Crippen molar-refractivity contribution in [2.45, 2.75) is 0 Å². The van der Waals surface area contributed by atoms with Gasteiger partial charge in [0.15, 0.2) is 12.4 Å². The number of likely N-dealkylation sites (N-methyl/N-ethyl adjacent to an activating group) is 1. The van der Waals surface area contributed by atoms with Crippen molar-refractivity contribution < 1.29 is 23.9 Å². The summed E-state index contributed by atoms with van der Waals surface area (Å²) >= 11 is 0. The van der Waals surface area contributed by atoms with Crippen LogP contribution in [0.1, 0.15) is 20.7 Å². The lowest BCUT2D eigenvalue weighted by Crippen LogP contribution is -2.36. The standard InChI is InChI=1S/C18H16N2O5/c1-20-14-5-3-4-13(16(14)25-10-15(20)21)17(22)19-12-8-6-11(7-9-12)18(23)24-2/h3-9H,10H2,1-2H3,(H,19,22). The Kier molecular flexibility index (Phi) is 4.38. The molecular weight excluding hydrogens is 324 g/mol. The maximum atomic E-state index is 12.6. The number of nitrogens with one attached hydrogen (secondary N) is 1.